The quantitative estimate of drug-likeness (QED) is 0.907. The lowest BCUT2D eigenvalue weighted by Gasteiger charge is -2.14. The number of sulfonamides is 1. The minimum absolute atomic E-state index is 0.0764. The fraction of sp³-hybridized carbons (Fsp3) is 0.154. The third-order valence-corrected chi connectivity index (χ3v) is 4.55. The third kappa shape index (κ3) is 3.47. The Hall–Kier alpha value is -1.63. The van der Waals surface area contributed by atoms with Gasteiger partial charge < -0.3 is 5.73 Å². The van der Waals surface area contributed by atoms with Crippen molar-refractivity contribution in [1.29, 1.82) is 0 Å². The number of nitrogen functional groups attached to an aromatic ring is 1. The summed E-state index contributed by atoms with van der Waals surface area (Å²) in [5.41, 5.74) is 6.26. The van der Waals surface area contributed by atoms with E-state index in [-0.39, 0.29) is 16.8 Å². The fourth-order valence-electron chi connectivity index (χ4n) is 1.67. The molecule has 0 amide bonds. The van der Waals surface area contributed by atoms with Gasteiger partial charge in [0.25, 0.3) is 0 Å². The zero-order valence-electron chi connectivity index (χ0n) is 10.7. The van der Waals surface area contributed by atoms with Crippen LogP contribution in [0.3, 0.4) is 0 Å². The van der Waals surface area contributed by atoms with Crippen LogP contribution in [0.4, 0.5) is 5.82 Å². The first-order valence-electron chi connectivity index (χ1n) is 5.88. The number of halogens is 1. The van der Waals surface area contributed by atoms with E-state index in [1.165, 1.54) is 18.3 Å². The second kappa shape index (κ2) is 5.78. The van der Waals surface area contributed by atoms with Gasteiger partial charge in [0.1, 0.15) is 10.7 Å². The number of hydrogen-bond acceptors (Lipinski definition) is 4. The number of pyridine rings is 1. The van der Waals surface area contributed by atoms with Crippen LogP contribution in [0.5, 0.6) is 0 Å². The first-order chi connectivity index (χ1) is 9.38. The molecule has 0 saturated carbocycles. The maximum absolute atomic E-state index is 12.2. The summed E-state index contributed by atoms with van der Waals surface area (Å²) in [6.45, 7) is 1.76. The minimum atomic E-state index is -3.64. The highest BCUT2D eigenvalue weighted by molar-refractivity contribution is 7.89. The summed E-state index contributed by atoms with van der Waals surface area (Å²) in [6.07, 6.45) is 1.23. The van der Waals surface area contributed by atoms with Gasteiger partial charge in [-0.3, -0.25) is 0 Å². The molecule has 5 nitrogen and oxygen atoms in total. The van der Waals surface area contributed by atoms with Gasteiger partial charge >= 0.3 is 0 Å². The molecule has 0 radical (unpaired) electrons. The van der Waals surface area contributed by atoms with Crippen LogP contribution in [0.1, 0.15) is 18.5 Å². The Morgan fingerprint density at radius 1 is 1.20 bits per heavy atom. The first-order valence-corrected chi connectivity index (χ1v) is 7.74. The molecular formula is C13H14ClN3O2S. The highest BCUT2D eigenvalue weighted by Gasteiger charge is 2.18. The molecular weight excluding hydrogens is 298 g/mol. The molecule has 0 aliphatic rings. The zero-order chi connectivity index (χ0) is 14.8. The number of hydrogen-bond donors (Lipinski definition) is 2. The summed E-state index contributed by atoms with van der Waals surface area (Å²) in [7, 11) is -3.64. The van der Waals surface area contributed by atoms with Crippen molar-refractivity contribution in [3.8, 4) is 0 Å². The van der Waals surface area contributed by atoms with Gasteiger partial charge in [-0.15, -0.1) is 0 Å². The van der Waals surface area contributed by atoms with Crippen LogP contribution in [0.15, 0.2) is 47.5 Å². The lowest BCUT2D eigenvalue weighted by atomic mass is 10.1. The van der Waals surface area contributed by atoms with Crippen LogP contribution in [0, 0.1) is 0 Å². The maximum Gasteiger partial charge on any atom is 0.242 e. The standard InChI is InChI=1S/C13H14ClN3O2S/c1-9(10-2-4-11(14)5-3-10)17-20(18,19)12-6-7-13(15)16-8-12/h2-9,17H,1H3,(H2,15,16). The number of benzene rings is 1. The summed E-state index contributed by atoms with van der Waals surface area (Å²) in [6, 6.07) is 9.46. The van der Waals surface area contributed by atoms with Gasteiger partial charge in [-0.2, -0.15) is 0 Å². The largest absolute Gasteiger partial charge is 0.384 e. The average Bonchev–Trinajstić information content (AvgIpc) is 2.39. The Kier molecular flexibility index (Phi) is 4.27. The zero-order valence-corrected chi connectivity index (χ0v) is 12.3. The summed E-state index contributed by atoms with van der Waals surface area (Å²) < 4.78 is 26.9. The van der Waals surface area contributed by atoms with Gasteiger partial charge in [-0.25, -0.2) is 18.1 Å². The van der Waals surface area contributed by atoms with E-state index in [4.69, 9.17) is 17.3 Å². The lowest BCUT2D eigenvalue weighted by Crippen LogP contribution is -2.27. The Morgan fingerprint density at radius 2 is 1.85 bits per heavy atom. The number of nitrogens with two attached hydrogens (primary N) is 1. The second-order valence-corrected chi connectivity index (χ2v) is 6.46. The molecule has 0 saturated heterocycles. The van der Waals surface area contributed by atoms with Gasteiger partial charge in [0.05, 0.1) is 0 Å². The Labute approximate surface area is 122 Å². The van der Waals surface area contributed by atoms with Crippen LogP contribution < -0.4 is 10.5 Å². The third-order valence-electron chi connectivity index (χ3n) is 2.77. The lowest BCUT2D eigenvalue weighted by molar-refractivity contribution is 0.566. The van der Waals surface area contributed by atoms with Crippen LogP contribution in [0.2, 0.25) is 5.02 Å². The first kappa shape index (κ1) is 14.8. The van der Waals surface area contributed by atoms with Crippen molar-refractivity contribution in [2.75, 3.05) is 5.73 Å². The van der Waals surface area contributed by atoms with E-state index in [9.17, 15) is 8.42 Å². The molecule has 2 aromatic rings. The molecule has 0 aliphatic carbocycles. The van der Waals surface area contributed by atoms with Crippen LogP contribution in [-0.2, 0) is 10.0 Å². The van der Waals surface area contributed by atoms with E-state index in [0.29, 0.717) is 5.02 Å². The summed E-state index contributed by atoms with van der Waals surface area (Å²) >= 11 is 5.80. The SMILES string of the molecule is CC(NS(=O)(=O)c1ccc(N)nc1)c1ccc(Cl)cc1. The van der Waals surface area contributed by atoms with Gasteiger partial charge in [-0.05, 0) is 36.8 Å². The van der Waals surface area contributed by atoms with Crippen LogP contribution >= 0.6 is 11.6 Å². The molecule has 7 heteroatoms. The number of aromatic nitrogens is 1. The van der Waals surface area contributed by atoms with Crippen molar-refractivity contribution < 1.29 is 8.42 Å². The summed E-state index contributed by atoms with van der Waals surface area (Å²) in [5.74, 6) is 0.273. The maximum atomic E-state index is 12.2. The molecule has 2 rings (SSSR count). The second-order valence-electron chi connectivity index (χ2n) is 4.31. The van der Waals surface area contributed by atoms with Crippen LogP contribution in [-0.4, -0.2) is 13.4 Å². The van der Waals surface area contributed by atoms with Crippen molar-refractivity contribution in [3.63, 3.8) is 0 Å². The van der Waals surface area contributed by atoms with E-state index in [1.54, 1.807) is 31.2 Å². The Balaban J connectivity index is 2.19. The monoisotopic (exact) mass is 311 g/mol. The molecule has 1 heterocycles. The molecule has 1 aromatic heterocycles. The molecule has 106 valence electrons. The minimum Gasteiger partial charge on any atom is -0.384 e. The molecule has 3 N–H and O–H groups in total. The van der Waals surface area contributed by atoms with Crippen molar-refractivity contribution in [2.45, 2.75) is 17.9 Å². The van der Waals surface area contributed by atoms with E-state index >= 15 is 0 Å². The number of nitrogens with zero attached hydrogens (tertiary/aromatic N) is 1. The molecule has 1 aromatic carbocycles. The molecule has 1 atom stereocenters. The van der Waals surface area contributed by atoms with Gasteiger partial charge in [0, 0.05) is 17.3 Å². The van der Waals surface area contributed by atoms with Crippen molar-refractivity contribution in [1.82, 2.24) is 9.71 Å². The van der Waals surface area contributed by atoms with Crippen molar-refractivity contribution >= 4 is 27.4 Å². The summed E-state index contributed by atoms with van der Waals surface area (Å²) in [5, 5.41) is 0.603. The predicted molar refractivity (Wildman–Crippen MR) is 78.8 cm³/mol. The topological polar surface area (TPSA) is 85.1 Å². The predicted octanol–water partition coefficient (Wildman–Crippen LogP) is 2.36. The Morgan fingerprint density at radius 3 is 2.40 bits per heavy atom. The number of anilines is 1. The molecule has 1 unspecified atom stereocenters. The smallest absolute Gasteiger partial charge is 0.242 e. The van der Waals surface area contributed by atoms with E-state index in [2.05, 4.69) is 9.71 Å². The van der Waals surface area contributed by atoms with Gasteiger partial charge in [0.2, 0.25) is 10.0 Å². The van der Waals surface area contributed by atoms with Crippen molar-refractivity contribution in [3.05, 3.63) is 53.2 Å². The highest BCUT2D eigenvalue weighted by atomic mass is 35.5. The molecule has 0 bridgehead atoms. The van der Waals surface area contributed by atoms with E-state index < -0.39 is 10.0 Å². The number of nitrogens with one attached hydrogen (secondary N) is 1. The normalized spacial score (nSPS) is 13.1. The average molecular weight is 312 g/mol. The number of rotatable bonds is 4. The molecule has 20 heavy (non-hydrogen) atoms. The molecule has 0 aliphatic heterocycles. The van der Waals surface area contributed by atoms with Crippen molar-refractivity contribution in [2.24, 2.45) is 0 Å². The molecule has 0 spiro atoms. The van der Waals surface area contributed by atoms with Gasteiger partial charge in [0.15, 0.2) is 0 Å². The molecule has 0 fully saturated rings. The summed E-state index contributed by atoms with van der Waals surface area (Å²) in [4.78, 5) is 3.85. The Bertz CT molecular complexity index is 685. The van der Waals surface area contributed by atoms with E-state index in [0.717, 1.165) is 5.56 Å². The fourth-order valence-corrected chi connectivity index (χ4v) is 2.97. The van der Waals surface area contributed by atoms with E-state index in [1.807, 2.05) is 0 Å². The van der Waals surface area contributed by atoms with Crippen LogP contribution in [0.25, 0.3) is 0 Å². The highest BCUT2D eigenvalue weighted by Crippen LogP contribution is 2.19. The van der Waals surface area contributed by atoms with Gasteiger partial charge in [-0.1, -0.05) is 23.7 Å².